The zero-order valence-electron chi connectivity index (χ0n) is 13.5. The van der Waals surface area contributed by atoms with Crippen molar-refractivity contribution in [1.82, 2.24) is 10.3 Å². The predicted octanol–water partition coefficient (Wildman–Crippen LogP) is 3.57. The lowest BCUT2D eigenvalue weighted by atomic mass is 9.93. The average molecular weight is 308 g/mol. The van der Waals surface area contributed by atoms with E-state index in [1.807, 2.05) is 0 Å². The van der Waals surface area contributed by atoms with Gasteiger partial charge in [-0.2, -0.15) is 0 Å². The zero-order chi connectivity index (χ0) is 15.3. The van der Waals surface area contributed by atoms with E-state index in [1.54, 1.807) is 11.3 Å². The molecule has 21 heavy (non-hydrogen) atoms. The third-order valence-corrected chi connectivity index (χ3v) is 4.75. The molecular formula is C16H28N4S. The highest BCUT2D eigenvalue weighted by Gasteiger charge is 2.17. The molecular weight excluding hydrogens is 280 g/mol. The molecule has 0 amide bonds. The highest BCUT2D eigenvalue weighted by atomic mass is 32.1. The Balaban J connectivity index is 1.86. The number of aromatic nitrogens is 1. The van der Waals surface area contributed by atoms with Gasteiger partial charge in [-0.15, -0.1) is 11.3 Å². The average Bonchev–Trinajstić information content (AvgIpc) is 2.76. The SMILES string of the molecule is CC(C)(C)c1csc(CN=C(N)NC2CCCCCC2)n1. The standard InChI is InChI=1S/C16H28N4S/c1-16(2,3)13-11-21-14(20-13)10-18-15(17)19-12-8-6-4-5-7-9-12/h11-12H,4-10H2,1-3H3,(H3,17,18,19). The first-order valence-corrected chi connectivity index (χ1v) is 8.84. The number of hydrogen-bond acceptors (Lipinski definition) is 3. The Morgan fingerprint density at radius 1 is 1.33 bits per heavy atom. The van der Waals surface area contributed by atoms with Crippen LogP contribution in [0.5, 0.6) is 0 Å². The maximum atomic E-state index is 6.01. The van der Waals surface area contributed by atoms with E-state index in [1.165, 1.54) is 38.5 Å². The first-order valence-electron chi connectivity index (χ1n) is 7.96. The quantitative estimate of drug-likeness (QED) is 0.510. The smallest absolute Gasteiger partial charge is 0.189 e. The number of nitrogens with two attached hydrogens (primary N) is 1. The van der Waals surface area contributed by atoms with Crippen LogP contribution in [0.4, 0.5) is 0 Å². The normalized spacial score (nSPS) is 18.5. The molecule has 1 aromatic heterocycles. The highest BCUT2D eigenvalue weighted by molar-refractivity contribution is 7.09. The van der Waals surface area contributed by atoms with E-state index in [0.717, 1.165) is 10.7 Å². The van der Waals surface area contributed by atoms with Crippen LogP contribution in [0.1, 0.15) is 70.0 Å². The minimum Gasteiger partial charge on any atom is -0.370 e. The van der Waals surface area contributed by atoms with Crippen LogP contribution in [0.25, 0.3) is 0 Å². The fourth-order valence-corrected chi connectivity index (χ4v) is 3.50. The molecule has 1 fully saturated rings. The molecule has 1 heterocycles. The number of nitrogens with one attached hydrogen (secondary N) is 1. The summed E-state index contributed by atoms with van der Waals surface area (Å²) in [5, 5.41) is 6.53. The Morgan fingerprint density at radius 3 is 2.57 bits per heavy atom. The van der Waals surface area contributed by atoms with Gasteiger partial charge in [0.2, 0.25) is 0 Å². The molecule has 0 aromatic carbocycles. The Labute approximate surface area is 132 Å². The minimum atomic E-state index is 0.0998. The van der Waals surface area contributed by atoms with Gasteiger partial charge in [-0.1, -0.05) is 46.5 Å². The molecule has 118 valence electrons. The van der Waals surface area contributed by atoms with Gasteiger partial charge in [0.15, 0.2) is 5.96 Å². The van der Waals surface area contributed by atoms with E-state index >= 15 is 0 Å². The van der Waals surface area contributed by atoms with Crippen LogP contribution >= 0.6 is 11.3 Å². The largest absolute Gasteiger partial charge is 0.370 e. The van der Waals surface area contributed by atoms with Crippen LogP contribution in [-0.4, -0.2) is 17.0 Å². The third-order valence-electron chi connectivity index (χ3n) is 3.91. The molecule has 1 aromatic rings. The van der Waals surface area contributed by atoms with Gasteiger partial charge >= 0.3 is 0 Å². The van der Waals surface area contributed by atoms with Crippen molar-refractivity contribution >= 4 is 17.3 Å². The van der Waals surface area contributed by atoms with Gasteiger partial charge in [0, 0.05) is 16.8 Å². The van der Waals surface area contributed by atoms with Crippen LogP contribution in [0.3, 0.4) is 0 Å². The molecule has 1 saturated carbocycles. The number of rotatable bonds is 3. The fraction of sp³-hybridized carbons (Fsp3) is 0.750. The van der Waals surface area contributed by atoms with Crippen molar-refractivity contribution in [2.24, 2.45) is 10.7 Å². The molecule has 0 atom stereocenters. The minimum absolute atomic E-state index is 0.0998. The summed E-state index contributed by atoms with van der Waals surface area (Å²) in [4.78, 5) is 9.09. The van der Waals surface area contributed by atoms with Crippen LogP contribution in [-0.2, 0) is 12.0 Å². The van der Waals surface area contributed by atoms with Gasteiger partial charge in [-0.25, -0.2) is 9.98 Å². The lowest BCUT2D eigenvalue weighted by Crippen LogP contribution is -2.39. The van der Waals surface area contributed by atoms with Crippen LogP contribution < -0.4 is 11.1 Å². The molecule has 1 aliphatic carbocycles. The Morgan fingerprint density at radius 2 is 2.00 bits per heavy atom. The molecule has 4 nitrogen and oxygen atoms in total. The summed E-state index contributed by atoms with van der Waals surface area (Å²) < 4.78 is 0. The van der Waals surface area contributed by atoms with E-state index in [-0.39, 0.29) is 5.41 Å². The molecule has 0 saturated heterocycles. The first kappa shape index (κ1) is 16.3. The van der Waals surface area contributed by atoms with Crippen LogP contribution in [0.2, 0.25) is 0 Å². The van der Waals surface area contributed by atoms with Crippen LogP contribution in [0.15, 0.2) is 10.4 Å². The lowest BCUT2D eigenvalue weighted by molar-refractivity contribution is 0.530. The summed E-state index contributed by atoms with van der Waals surface area (Å²) in [5.74, 6) is 0.564. The van der Waals surface area contributed by atoms with Gasteiger partial charge < -0.3 is 11.1 Å². The molecule has 1 aliphatic rings. The van der Waals surface area contributed by atoms with Gasteiger partial charge in [-0.3, -0.25) is 0 Å². The topological polar surface area (TPSA) is 63.3 Å². The molecule has 5 heteroatoms. The first-order chi connectivity index (χ1) is 9.95. The van der Waals surface area contributed by atoms with Gasteiger partial charge in [0.05, 0.1) is 12.2 Å². The number of guanidine groups is 1. The summed E-state index contributed by atoms with van der Waals surface area (Å²) >= 11 is 1.67. The van der Waals surface area contributed by atoms with Crippen molar-refractivity contribution in [3.05, 3.63) is 16.1 Å². The summed E-state index contributed by atoms with van der Waals surface area (Å²) in [6, 6.07) is 0.498. The van der Waals surface area contributed by atoms with Gasteiger partial charge in [0.1, 0.15) is 5.01 Å². The fourth-order valence-electron chi connectivity index (χ4n) is 2.56. The second kappa shape index (κ2) is 7.25. The van der Waals surface area contributed by atoms with E-state index < -0.39 is 0 Å². The van der Waals surface area contributed by atoms with Crippen molar-refractivity contribution < 1.29 is 0 Å². The lowest BCUT2D eigenvalue weighted by Gasteiger charge is -2.16. The summed E-state index contributed by atoms with van der Waals surface area (Å²) in [6.45, 7) is 7.11. The number of nitrogens with zero attached hydrogens (tertiary/aromatic N) is 2. The van der Waals surface area contributed by atoms with Crippen molar-refractivity contribution in [3.63, 3.8) is 0 Å². The number of hydrogen-bond donors (Lipinski definition) is 2. The van der Waals surface area contributed by atoms with Gasteiger partial charge in [-0.05, 0) is 12.8 Å². The summed E-state index contributed by atoms with van der Waals surface area (Å²) in [6.07, 6.45) is 7.72. The van der Waals surface area contributed by atoms with Crippen molar-refractivity contribution in [2.75, 3.05) is 0 Å². The van der Waals surface area contributed by atoms with Crippen molar-refractivity contribution in [2.45, 2.75) is 77.3 Å². The predicted molar refractivity (Wildman–Crippen MR) is 90.8 cm³/mol. The molecule has 2 rings (SSSR count). The molecule has 3 N–H and O–H groups in total. The molecule has 0 aliphatic heterocycles. The summed E-state index contributed by atoms with van der Waals surface area (Å²) in [5.41, 5.74) is 7.24. The third kappa shape index (κ3) is 5.30. The maximum Gasteiger partial charge on any atom is 0.189 e. The maximum absolute atomic E-state index is 6.01. The Kier molecular flexibility index (Phi) is 5.62. The number of aliphatic imine (C=N–C) groups is 1. The Bertz CT molecular complexity index is 465. The zero-order valence-corrected chi connectivity index (χ0v) is 14.3. The van der Waals surface area contributed by atoms with E-state index in [4.69, 9.17) is 5.73 Å². The van der Waals surface area contributed by atoms with E-state index in [0.29, 0.717) is 18.5 Å². The van der Waals surface area contributed by atoms with Crippen molar-refractivity contribution in [3.8, 4) is 0 Å². The second-order valence-electron chi connectivity index (χ2n) is 6.91. The molecule has 0 radical (unpaired) electrons. The number of thiazole rings is 1. The monoisotopic (exact) mass is 308 g/mol. The molecule has 0 bridgehead atoms. The van der Waals surface area contributed by atoms with Crippen molar-refractivity contribution in [1.29, 1.82) is 0 Å². The molecule has 0 unspecified atom stereocenters. The molecule has 0 spiro atoms. The summed E-state index contributed by atoms with van der Waals surface area (Å²) in [7, 11) is 0. The Hall–Kier alpha value is -1.10. The van der Waals surface area contributed by atoms with Gasteiger partial charge in [0.25, 0.3) is 0 Å². The van der Waals surface area contributed by atoms with Crippen LogP contribution in [0, 0.1) is 0 Å². The highest BCUT2D eigenvalue weighted by Crippen LogP contribution is 2.24. The second-order valence-corrected chi connectivity index (χ2v) is 7.85. The van der Waals surface area contributed by atoms with E-state index in [2.05, 4.69) is 41.4 Å². The van der Waals surface area contributed by atoms with E-state index in [9.17, 15) is 0 Å².